The lowest BCUT2D eigenvalue weighted by Crippen LogP contribution is -2.11. The van der Waals surface area contributed by atoms with Crippen molar-refractivity contribution in [2.45, 2.75) is 19.8 Å². The maximum atomic E-state index is 11.0. The Morgan fingerprint density at radius 2 is 1.77 bits per heavy atom. The molecule has 8 heteroatoms. The monoisotopic (exact) mass is 482 g/mol. The minimum atomic E-state index is -0.571. The number of benzene rings is 3. The minimum Gasteiger partial charge on any atom is -0.400 e. The highest BCUT2D eigenvalue weighted by atomic mass is 32.1. The molecule has 0 bridgehead atoms. The highest BCUT2D eigenvalue weighted by molar-refractivity contribution is 7.07. The lowest BCUT2D eigenvalue weighted by Gasteiger charge is -2.07. The van der Waals surface area contributed by atoms with Gasteiger partial charge in [0.2, 0.25) is 4.80 Å². The molecule has 5 rings (SSSR count). The fourth-order valence-corrected chi connectivity index (χ4v) is 4.64. The number of furan rings is 1. The van der Waals surface area contributed by atoms with Crippen LogP contribution in [-0.2, 0) is 0 Å². The molecule has 0 spiro atoms. The van der Waals surface area contributed by atoms with E-state index in [0.717, 1.165) is 27.7 Å². The predicted octanol–water partition coefficient (Wildman–Crippen LogP) is 7.11. The minimum absolute atomic E-state index is 0.284. The van der Waals surface area contributed by atoms with Gasteiger partial charge in [-0.2, -0.15) is 5.10 Å². The van der Waals surface area contributed by atoms with Crippen LogP contribution in [0.4, 0.5) is 11.6 Å². The van der Waals surface area contributed by atoms with Gasteiger partial charge < -0.3 is 4.42 Å². The van der Waals surface area contributed by atoms with Gasteiger partial charge in [0.25, 0.3) is 0 Å². The van der Waals surface area contributed by atoms with E-state index in [2.05, 4.69) is 55.3 Å². The molecule has 0 radical (unpaired) electrons. The molecule has 0 saturated heterocycles. The average Bonchev–Trinajstić information content (AvgIpc) is 3.50. The number of nitrogens with zero attached hydrogens (tertiary/aromatic N) is 4. The molecule has 0 atom stereocenters. The molecular weight excluding hydrogens is 460 g/mol. The van der Waals surface area contributed by atoms with Crippen LogP contribution in [0.2, 0.25) is 0 Å². The highest BCUT2D eigenvalue weighted by Gasteiger charge is 2.13. The highest BCUT2D eigenvalue weighted by Crippen LogP contribution is 2.29. The maximum Gasteiger partial charge on any atom is 0.433 e. The Balaban J connectivity index is 1.65. The third-order valence-corrected chi connectivity index (χ3v) is 6.44. The molecule has 0 fully saturated rings. The van der Waals surface area contributed by atoms with Gasteiger partial charge in [-0.1, -0.05) is 68.4 Å². The summed E-state index contributed by atoms with van der Waals surface area (Å²) in [7, 11) is 0. The number of thiazole rings is 1. The van der Waals surface area contributed by atoms with Crippen molar-refractivity contribution in [1.82, 2.24) is 4.68 Å². The Morgan fingerprint density at radius 1 is 1.00 bits per heavy atom. The van der Waals surface area contributed by atoms with Gasteiger partial charge in [0.05, 0.1) is 23.7 Å². The van der Waals surface area contributed by atoms with Crippen molar-refractivity contribution < 1.29 is 9.34 Å². The summed E-state index contributed by atoms with van der Waals surface area (Å²) in [6.07, 6.45) is 1.47. The molecule has 0 aliphatic carbocycles. The van der Waals surface area contributed by atoms with E-state index in [4.69, 9.17) is 9.41 Å². The van der Waals surface area contributed by atoms with Crippen molar-refractivity contribution in [3.8, 4) is 11.3 Å². The molecule has 174 valence electrons. The molecule has 5 aromatic rings. The van der Waals surface area contributed by atoms with E-state index in [1.54, 1.807) is 4.68 Å². The second-order valence-electron chi connectivity index (χ2n) is 8.28. The van der Waals surface area contributed by atoms with Gasteiger partial charge in [0, 0.05) is 10.9 Å². The van der Waals surface area contributed by atoms with Crippen molar-refractivity contribution in [3.63, 3.8) is 0 Å². The van der Waals surface area contributed by atoms with E-state index in [0.29, 0.717) is 10.7 Å². The zero-order valence-corrected chi connectivity index (χ0v) is 20.0. The number of aromatic nitrogens is 1. The quantitative estimate of drug-likeness (QED) is 0.147. The molecule has 0 saturated carbocycles. The van der Waals surface area contributed by atoms with Crippen molar-refractivity contribution in [3.05, 3.63) is 110 Å². The molecule has 35 heavy (non-hydrogen) atoms. The van der Waals surface area contributed by atoms with Crippen LogP contribution in [0.25, 0.3) is 22.0 Å². The smallest absolute Gasteiger partial charge is 0.400 e. The van der Waals surface area contributed by atoms with E-state index in [1.165, 1.54) is 35.2 Å². The molecule has 0 aliphatic heterocycles. The summed E-state index contributed by atoms with van der Waals surface area (Å²) in [6.45, 7) is 4.31. The second-order valence-corrected chi connectivity index (χ2v) is 9.11. The zero-order valence-electron chi connectivity index (χ0n) is 19.2. The Labute approximate surface area is 205 Å². The Bertz CT molecular complexity index is 1600. The van der Waals surface area contributed by atoms with Gasteiger partial charge in [0.1, 0.15) is 4.92 Å². The second kappa shape index (κ2) is 9.52. The number of nitro groups is 1. The third kappa shape index (κ3) is 4.69. The third-order valence-electron chi connectivity index (χ3n) is 5.63. The van der Waals surface area contributed by atoms with Gasteiger partial charge in [-0.05, 0) is 40.5 Å². The lowest BCUT2D eigenvalue weighted by atomic mass is 10.0. The summed E-state index contributed by atoms with van der Waals surface area (Å²) in [5.41, 5.74) is 3.94. The van der Waals surface area contributed by atoms with Crippen molar-refractivity contribution in [1.29, 1.82) is 0 Å². The van der Waals surface area contributed by atoms with Crippen LogP contribution in [-0.4, -0.2) is 15.8 Å². The van der Waals surface area contributed by atoms with Crippen LogP contribution in [0.15, 0.2) is 98.8 Å². The van der Waals surface area contributed by atoms with Crippen molar-refractivity contribution in [2.75, 3.05) is 0 Å². The van der Waals surface area contributed by atoms with E-state index >= 15 is 0 Å². The summed E-state index contributed by atoms with van der Waals surface area (Å²) in [5, 5.41) is 19.8. The largest absolute Gasteiger partial charge is 0.433 e. The SMILES string of the molecule is CC(C)c1ccc(N=c2scc(-c3cccc4ccccc34)n2N=Cc2ccc([N+](=O)[O-])o2)cc1. The summed E-state index contributed by atoms with van der Waals surface area (Å²) >= 11 is 1.47. The van der Waals surface area contributed by atoms with Gasteiger partial charge in [-0.25, -0.2) is 9.67 Å². The van der Waals surface area contributed by atoms with Crippen LogP contribution >= 0.6 is 11.3 Å². The van der Waals surface area contributed by atoms with Crippen LogP contribution in [0.3, 0.4) is 0 Å². The van der Waals surface area contributed by atoms with E-state index in [-0.39, 0.29) is 11.6 Å². The van der Waals surface area contributed by atoms with Gasteiger partial charge in [-0.3, -0.25) is 10.1 Å². The summed E-state index contributed by atoms with van der Waals surface area (Å²) in [6, 6.07) is 25.3. The first kappa shape index (κ1) is 22.5. The fraction of sp³-hybridized carbons (Fsp3) is 0.111. The van der Waals surface area contributed by atoms with Crippen molar-refractivity contribution >= 4 is 39.9 Å². The molecule has 0 N–H and O–H groups in total. The van der Waals surface area contributed by atoms with Crippen LogP contribution < -0.4 is 4.80 Å². The fourth-order valence-electron chi connectivity index (χ4n) is 3.79. The molecule has 0 unspecified atom stereocenters. The number of hydrogen-bond donors (Lipinski definition) is 0. The predicted molar refractivity (Wildman–Crippen MR) is 139 cm³/mol. The van der Waals surface area contributed by atoms with Gasteiger partial charge >= 0.3 is 5.88 Å². The summed E-state index contributed by atoms with van der Waals surface area (Å²) in [5.74, 6) is 0.397. The van der Waals surface area contributed by atoms with E-state index < -0.39 is 4.92 Å². The molecule has 7 nitrogen and oxygen atoms in total. The Kier molecular flexibility index (Phi) is 6.12. The standard InChI is InChI=1S/C27H22N4O3S/c1-18(2)19-10-12-21(13-11-19)29-27-30(28-16-22-14-15-26(34-22)31(32)33)25(17-35-27)24-9-5-7-20-6-3-4-8-23(20)24/h3-18H,1-2H3. The van der Waals surface area contributed by atoms with Crippen LogP contribution in [0.1, 0.15) is 31.1 Å². The van der Waals surface area contributed by atoms with Crippen molar-refractivity contribution in [2.24, 2.45) is 10.1 Å². The number of rotatable bonds is 6. The molecule has 3 aromatic carbocycles. The van der Waals surface area contributed by atoms with E-state index in [1.807, 2.05) is 35.7 Å². The zero-order chi connectivity index (χ0) is 24.4. The molecule has 0 aliphatic rings. The lowest BCUT2D eigenvalue weighted by molar-refractivity contribution is -0.402. The summed E-state index contributed by atoms with van der Waals surface area (Å²) < 4.78 is 7.01. The van der Waals surface area contributed by atoms with Crippen LogP contribution in [0.5, 0.6) is 0 Å². The Hall–Kier alpha value is -4.30. The van der Waals surface area contributed by atoms with E-state index in [9.17, 15) is 10.1 Å². The average molecular weight is 483 g/mol. The Morgan fingerprint density at radius 3 is 2.51 bits per heavy atom. The molecule has 2 aromatic heterocycles. The topological polar surface area (TPSA) is 85.9 Å². The maximum absolute atomic E-state index is 11.0. The summed E-state index contributed by atoms with van der Waals surface area (Å²) in [4.78, 5) is 15.9. The van der Waals surface area contributed by atoms with Gasteiger partial charge in [0.15, 0.2) is 5.76 Å². The molecule has 2 heterocycles. The first-order valence-electron chi connectivity index (χ1n) is 11.1. The number of hydrogen-bond acceptors (Lipinski definition) is 6. The van der Waals surface area contributed by atoms with Gasteiger partial charge in [-0.15, -0.1) is 11.3 Å². The number of fused-ring (bicyclic) bond motifs is 1. The first-order chi connectivity index (χ1) is 17.0. The van der Waals surface area contributed by atoms with Crippen LogP contribution in [0, 0.1) is 10.1 Å². The molecular formula is C27H22N4O3S. The normalized spacial score (nSPS) is 12.3. The first-order valence-corrected chi connectivity index (χ1v) is 12.0. The molecule has 0 amide bonds.